The summed E-state index contributed by atoms with van der Waals surface area (Å²) in [7, 11) is 1.77. The third kappa shape index (κ3) is 4.01. The standard InChI is InChI=1S/C20H20F3N5O2/c1-27-9-14(8-25-27)17-13(10-28-6-7-30-16(11-28)20(21,22)23)3-2-12-4-5-15(19(24)29)26-18(12)17/h2-5,8-9,16H,6-7,10-11H2,1H3,(H2,24,29). The van der Waals surface area contributed by atoms with Crippen molar-refractivity contribution >= 4 is 16.8 Å². The van der Waals surface area contributed by atoms with Crippen molar-refractivity contribution in [1.29, 1.82) is 0 Å². The fourth-order valence-electron chi connectivity index (χ4n) is 3.66. The highest BCUT2D eigenvalue weighted by Gasteiger charge is 2.43. The van der Waals surface area contributed by atoms with Crippen LogP contribution in [0.5, 0.6) is 0 Å². The largest absolute Gasteiger partial charge is 0.415 e. The molecular formula is C20H20F3N5O2. The summed E-state index contributed by atoms with van der Waals surface area (Å²) in [6.45, 7) is 0.414. The molecule has 30 heavy (non-hydrogen) atoms. The van der Waals surface area contributed by atoms with Gasteiger partial charge in [-0.15, -0.1) is 0 Å². The number of carbonyl (C=O) groups is 1. The topological polar surface area (TPSA) is 86.3 Å². The minimum absolute atomic E-state index is 0.00403. The number of primary amides is 1. The van der Waals surface area contributed by atoms with E-state index in [1.54, 1.807) is 41.2 Å². The molecule has 0 aliphatic carbocycles. The molecular weight excluding hydrogens is 399 g/mol. The summed E-state index contributed by atoms with van der Waals surface area (Å²) < 4.78 is 45.9. The molecule has 2 aromatic heterocycles. The lowest BCUT2D eigenvalue weighted by Gasteiger charge is -2.34. The Morgan fingerprint density at radius 3 is 2.73 bits per heavy atom. The zero-order chi connectivity index (χ0) is 21.5. The van der Waals surface area contributed by atoms with Crippen LogP contribution in [0.2, 0.25) is 0 Å². The van der Waals surface area contributed by atoms with Crippen LogP contribution in [0, 0.1) is 0 Å². The van der Waals surface area contributed by atoms with Crippen LogP contribution in [0.1, 0.15) is 16.1 Å². The summed E-state index contributed by atoms with van der Waals surface area (Å²) in [6, 6.07) is 7.01. The highest BCUT2D eigenvalue weighted by molar-refractivity contribution is 5.99. The molecule has 7 nitrogen and oxygen atoms in total. The van der Waals surface area contributed by atoms with Gasteiger partial charge < -0.3 is 10.5 Å². The molecule has 1 aliphatic rings. The van der Waals surface area contributed by atoms with E-state index in [0.717, 1.165) is 22.1 Å². The minimum atomic E-state index is -4.41. The molecule has 3 aromatic rings. The van der Waals surface area contributed by atoms with Crippen LogP contribution in [-0.2, 0) is 18.3 Å². The molecule has 0 spiro atoms. The predicted molar refractivity (Wildman–Crippen MR) is 104 cm³/mol. The van der Waals surface area contributed by atoms with Crippen LogP contribution >= 0.6 is 0 Å². The van der Waals surface area contributed by atoms with Crippen molar-refractivity contribution in [3.8, 4) is 11.1 Å². The first-order chi connectivity index (χ1) is 14.2. The lowest BCUT2D eigenvalue weighted by atomic mass is 9.97. The number of aromatic nitrogens is 3. The molecule has 1 aliphatic heterocycles. The van der Waals surface area contributed by atoms with Crippen LogP contribution in [0.15, 0.2) is 36.7 Å². The average molecular weight is 419 g/mol. The number of alkyl halides is 3. The number of carbonyl (C=O) groups excluding carboxylic acids is 1. The summed E-state index contributed by atoms with van der Waals surface area (Å²) in [4.78, 5) is 17.8. The second kappa shape index (κ2) is 7.69. The number of aryl methyl sites for hydroxylation is 1. The number of halogens is 3. The first-order valence-corrected chi connectivity index (χ1v) is 9.34. The molecule has 1 saturated heterocycles. The lowest BCUT2D eigenvalue weighted by molar-refractivity contribution is -0.237. The number of rotatable bonds is 4. The number of amides is 1. The smallest absolute Gasteiger partial charge is 0.366 e. The van der Waals surface area contributed by atoms with Gasteiger partial charge in [-0.05, 0) is 11.6 Å². The summed E-state index contributed by atoms with van der Waals surface area (Å²) >= 11 is 0. The molecule has 2 N–H and O–H groups in total. The van der Waals surface area contributed by atoms with E-state index in [4.69, 9.17) is 10.5 Å². The predicted octanol–water partition coefficient (Wildman–Crippen LogP) is 2.50. The van der Waals surface area contributed by atoms with E-state index in [2.05, 4.69) is 10.1 Å². The molecule has 1 fully saturated rings. The maximum atomic E-state index is 13.1. The SMILES string of the molecule is Cn1cc(-c2c(CN3CCOC(C(F)(F)F)C3)ccc3ccc(C(N)=O)nc23)cn1. The Balaban J connectivity index is 1.78. The number of morpholine rings is 1. The number of ether oxygens (including phenoxy) is 1. The number of pyridine rings is 1. The van der Waals surface area contributed by atoms with Gasteiger partial charge in [-0.3, -0.25) is 14.4 Å². The third-order valence-corrected chi connectivity index (χ3v) is 5.10. The quantitative estimate of drug-likeness (QED) is 0.702. The van der Waals surface area contributed by atoms with E-state index in [9.17, 15) is 18.0 Å². The Bertz CT molecular complexity index is 1100. The molecule has 10 heteroatoms. The molecule has 0 bridgehead atoms. The van der Waals surface area contributed by atoms with Crippen LogP contribution in [-0.4, -0.2) is 57.5 Å². The molecule has 1 unspecified atom stereocenters. The Morgan fingerprint density at radius 1 is 1.30 bits per heavy atom. The first kappa shape index (κ1) is 20.3. The van der Waals surface area contributed by atoms with E-state index < -0.39 is 18.2 Å². The number of nitrogens with two attached hydrogens (primary N) is 1. The van der Waals surface area contributed by atoms with Crippen LogP contribution < -0.4 is 5.73 Å². The van der Waals surface area contributed by atoms with Gasteiger partial charge in [0.15, 0.2) is 6.10 Å². The fourth-order valence-corrected chi connectivity index (χ4v) is 3.66. The maximum Gasteiger partial charge on any atom is 0.415 e. The van der Waals surface area contributed by atoms with Crippen molar-refractivity contribution in [3.05, 3.63) is 47.9 Å². The van der Waals surface area contributed by atoms with Gasteiger partial charge in [-0.25, -0.2) is 4.98 Å². The van der Waals surface area contributed by atoms with Crippen LogP contribution in [0.3, 0.4) is 0 Å². The number of hydrogen-bond acceptors (Lipinski definition) is 5. The van der Waals surface area contributed by atoms with Gasteiger partial charge in [-0.2, -0.15) is 18.3 Å². The van der Waals surface area contributed by atoms with Gasteiger partial charge in [0.1, 0.15) is 5.69 Å². The number of fused-ring (bicyclic) bond motifs is 1. The maximum absolute atomic E-state index is 13.1. The van der Waals surface area contributed by atoms with E-state index in [-0.39, 0.29) is 25.4 Å². The Labute approximate surface area is 170 Å². The lowest BCUT2D eigenvalue weighted by Crippen LogP contribution is -2.48. The highest BCUT2D eigenvalue weighted by Crippen LogP contribution is 2.33. The fraction of sp³-hybridized carbons (Fsp3) is 0.350. The van der Waals surface area contributed by atoms with Crippen LogP contribution in [0.4, 0.5) is 13.2 Å². The van der Waals surface area contributed by atoms with Crippen molar-refractivity contribution < 1.29 is 22.7 Å². The molecule has 4 rings (SSSR count). The highest BCUT2D eigenvalue weighted by atomic mass is 19.4. The zero-order valence-corrected chi connectivity index (χ0v) is 16.2. The zero-order valence-electron chi connectivity index (χ0n) is 16.2. The average Bonchev–Trinajstić information content (AvgIpc) is 3.12. The van der Waals surface area contributed by atoms with E-state index in [1.165, 1.54) is 0 Å². The van der Waals surface area contributed by atoms with Crippen LogP contribution in [0.25, 0.3) is 22.0 Å². The van der Waals surface area contributed by atoms with Crippen molar-refractivity contribution in [2.75, 3.05) is 19.7 Å². The van der Waals surface area contributed by atoms with Crippen molar-refractivity contribution in [2.24, 2.45) is 12.8 Å². The van der Waals surface area contributed by atoms with E-state index >= 15 is 0 Å². The van der Waals surface area contributed by atoms with Gasteiger partial charge >= 0.3 is 6.18 Å². The summed E-state index contributed by atoms with van der Waals surface area (Å²) in [5, 5.41) is 4.99. The molecule has 1 amide bonds. The Kier molecular flexibility index (Phi) is 5.20. The van der Waals surface area contributed by atoms with Gasteiger partial charge in [0.25, 0.3) is 5.91 Å². The number of hydrogen-bond donors (Lipinski definition) is 1. The molecule has 0 saturated carbocycles. The number of benzene rings is 1. The monoisotopic (exact) mass is 419 g/mol. The van der Waals surface area contributed by atoms with Gasteiger partial charge in [0.05, 0.1) is 18.3 Å². The second-order valence-electron chi connectivity index (χ2n) is 7.27. The summed E-state index contributed by atoms with van der Waals surface area (Å²) in [6.07, 6.45) is -2.76. The van der Waals surface area contributed by atoms with E-state index in [1.807, 2.05) is 12.1 Å². The van der Waals surface area contributed by atoms with Crippen molar-refractivity contribution in [2.45, 2.75) is 18.8 Å². The summed E-state index contributed by atoms with van der Waals surface area (Å²) in [5.41, 5.74) is 8.33. The number of nitrogens with zero attached hydrogens (tertiary/aromatic N) is 4. The van der Waals surface area contributed by atoms with Crippen molar-refractivity contribution in [1.82, 2.24) is 19.7 Å². The molecule has 0 radical (unpaired) electrons. The molecule has 158 valence electrons. The Hall–Kier alpha value is -2.98. The van der Waals surface area contributed by atoms with E-state index in [0.29, 0.717) is 12.1 Å². The van der Waals surface area contributed by atoms with Gasteiger partial charge in [0.2, 0.25) is 0 Å². The second-order valence-corrected chi connectivity index (χ2v) is 7.27. The van der Waals surface area contributed by atoms with Gasteiger partial charge in [0, 0.05) is 49.4 Å². The van der Waals surface area contributed by atoms with Crippen molar-refractivity contribution in [3.63, 3.8) is 0 Å². The molecule has 3 heterocycles. The minimum Gasteiger partial charge on any atom is -0.366 e. The third-order valence-electron chi connectivity index (χ3n) is 5.10. The summed E-state index contributed by atoms with van der Waals surface area (Å²) in [5.74, 6) is -0.652. The Morgan fingerprint density at radius 2 is 2.07 bits per heavy atom. The first-order valence-electron chi connectivity index (χ1n) is 9.34. The molecule has 1 aromatic carbocycles. The van der Waals surface area contributed by atoms with Gasteiger partial charge in [-0.1, -0.05) is 18.2 Å². The molecule has 1 atom stereocenters. The normalized spacial score (nSPS) is 18.1.